The van der Waals surface area contributed by atoms with Gasteiger partial charge in [0, 0.05) is 31.1 Å². The molecule has 0 saturated heterocycles. The Bertz CT molecular complexity index is 1210. The number of hydrogen-bond acceptors (Lipinski definition) is 6. The van der Waals surface area contributed by atoms with Crippen molar-refractivity contribution in [2.75, 3.05) is 5.32 Å². The summed E-state index contributed by atoms with van der Waals surface area (Å²) < 4.78 is 1.56. The van der Waals surface area contributed by atoms with E-state index in [2.05, 4.69) is 30.8 Å². The molecule has 0 atom stereocenters. The van der Waals surface area contributed by atoms with Gasteiger partial charge in [0.25, 0.3) is 5.56 Å². The molecule has 2 heterocycles. The van der Waals surface area contributed by atoms with Gasteiger partial charge in [-0.1, -0.05) is 24.3 Å². The Morgan fingerprint density at radius 2 is 2.04 bits per heavy atom. The molecule has 0 unspecified atom stereocenters. The van der Waals surface area contributed by atoms with Gasteiger partial charge in [0.1, 0.15) is 5.82 Å². The van der Waals surface area contributed by atoms with Crippen LogP contribution in [0, 0.1) is 0 Å². The van der Waals surface area contributed by atoms with E-state index in [1.165, 1.54) is 0 Å². The van der Waals surface area contributed by atoms with Crippen LogP contribution in [0.4, 0.5) is 5.69 Å². The third-order valence-electron chi connectivity index (χ3n) is 4.28. The summed E-state index contributed by atoms with van der Waals surface area (Å²) in [4.78, 5) is 31.6. The van der Waals surface area contributed by atoms with E-state index in [1.54, 1.807) is 42.1 Å². The number of anilines is 1. The number of nitrogens with zero attached hydrogens (tertiary/aromatic N) is 5. The fourth-order valence-corrected chi connectivity index (χ4v) is 2.92. The summed E-state index contributed by atoms with van der Waals surface area (Å²) in [6.45, 7) is 0. The number of aryl methyl sites for hydroxylation is 2. The highest BCUT2D eigenvalue weighted by atomic mass is 16.1. The van der Waals surface area contributed by atoms with E-state index in [9.17, 15) is 9.59 Å². The molecule has 0 fully saturated rings. The average Bonchev–Trinajstić information content (AvgIpc) is 3.13. The number of aromatic nitrogens is 6. The largest absolute Gasteiger partial charge is 0.326 e. The summed E-state index contributed by atoms with van der Waals surface area (Å²) in [6.07, 6.45) is 0.524. The standard InChI is InChI=1S/C19H17N7O2/c1-26-18(23-24-25-26)12-5-4-6-13(11-12)20-17(27)10-9-16-21-15-8-3-2-7-14(15)19(28)22-16/h2-8,11H,9-10H2,1H3,(H,20,27)(H,21,22,28). The van der Waals surface area contributed by atoms with E-state index in [0.29, 0.717) is 34.7 Å². The minimum Gasteiger partial charge on any atom is -0.326 e. The predicted octanol–water partition coefficient (Wildman–Crippen LogP) is 1.68. The smallest absolute Gasteiger partial charge is 0.258 e. The molecule has 2 N–H and O–H groups in total. The zero-order valence-electron chi connectivity index (χ0n) is 15.1. The van der Waals surface area contributed by atoms with Gasteiger partial charge in [-0.05, 0) is 34.7 Å². The lowest BCUT2D eigenvalue weighted by molar-refractivity contribution is -0.116. The van der Waals surface area contributed by atoms with Crippen molar-refractivity contribution in [2.24, 2.45) is 7.05 Å². The van der Waals surface area contributed by atoms with Gasteiger partial charge < -0.3 is 10.3 Å². The molecule has 28 heavy (non-hydrogen) atoms. The quantitative estimate of drug-likeness (QED) is 0.548. The summed E-state index contributed by atoms with van der Waals surface area (Å²) in [5.74, 6) is 0.913. The molecule has 0 saturated carbocycles. The number of fused-ring (bicyclic) bond motifs is 1. The van der Waals surface area contributed by atoms with Crippen LogP contribution in [-0.2, 0) is 18.3 Å². The first-order valence-electron chi connectivity index (χ1n) is 8.71. The summed E-state index contributed by atoms with van der Waals surface area (Å²) in [6, 6.07) is 14.4. The fraction of sp³-hybridized carbons (Fsp3) is 0.158. The summed E-state index contributed by atoms with van der Waals surface area (Å²) >= 11 is 0. The second-order valence-electron chi connectivity index (χ2n) is 6.28. The Morgan fingerprint density at radius 3 is 2.86 bits per heavy atom. The molecule has 0 bridgehead atoms. The molecular weight excluding hydrogens is 358 g/mol. The van der Waals surface area contributed by atoms with Crippen LogP contribution in [0.25, 0.3) is 22.3 Å². The van der Waals surface area contributed by atoms with Gasteiger partial charge in [-0.3, -0.25) is 9.59 Å². The molecule has 1 amide bonds. The van der Waals surface area contributed by atoms with E-state index in [4.69, 9.17) is 0 Å². The highest BCUT2D eigenvalue weighted by molar-refractivity contribution is 5.91. The maximum absolute atomic E-state index is 12.3. The van der Waals surface area contributed by atoms with E-state index in [-0.39, 0.29) is 17.9 Å². The lowest BCUT2D eigenvalue weighted by Gasteiger charge is -2.07. The molecule has 4 aromatic rings. The highest BCUT2D eigenvalue weighted by Crippen LogP contribution is 2.19. The van der Waals surface area contributed by atoms with Gasteiger partial charge in [-0.25, -0.2) is 9.67 Å². The molecule has 140 valence electrons. The fourth-order valence-electron chi connectivity index (χ4n) is 2.92. The number of H-pyrrole nitrogens is 1. The lowest BCUT2D eigenvalue weighted by atomic mass is 10.2. The van der Waals surface area contributed by atoms with Crippen molar-refractivity contribution < 1.29 is 4.79 Å². The number of carbonyl (C=O) groups is 1. The van der Waals surface area contributed by atoms with Crippen LogP contribution in [0.3, 0.4) is 0 Å². The Hall–Kier alpha value is -3.88. The minimum atomic E-state index is -0.203. The van der Waals surface area contributed by atoms with Crippen molar-refractivity contribution in [1.82, 2.24) is 30.2 Å². The van der Waals surface area contributed by atoms with Crippen molar-refractivity contribution in [1.29, 1.82) is 0 Å². The maximum Gasteiger partial charge on any atom is 0.258 e. The minimum absolute atomic E-state index is 0.177. The Morgan fingerprint density at radius 1 is 1.18 bits per heavy atom. The van der Waals surface area contributed by atoms with Crippen LogP contribution in [0.15, 0.2) is 53.3 Å². The van der Waals surface area contributed by atoms with Gasteiger partial charge in [-0.15, -0.1) is 5.10 Å². The number of benzene rings is 2. The zero-order chi connectivity index (χ0) is 19.5. The van der Waals surface area contributed by atoms with Gasteiger partial charge in [-0.2, -0.15) is 0 Å². The number of rotatable bonds is 5. The molecule has 0 spiro atoms. The van der Waals surface area contributed by atoms with Crippen molar-refractivity contribution in [3.8, 4) is 11.4 Å². The van der Waals surface area contributed by atoms with Crippen LogP contribution in [0.1, 0.15) is 12.2 Å². The van der Waals surface area contributed by atoms with Gasteiger partial charge in [0.15, 0.2) is 5.82 Å². The SMILES string of the molecule is Cn1nnnc1-c1cccc(NC(=O)CCc2nc3ccccc3c(=O)[nH]2)c1. The molecule has 0 aliphatic heterocycles. The molecule has 0 aliphatic rings. The topological polar surface area (TPSA) is 118 Å². The van der Waals surface area contributed by atoms with Crippen LogP contribution < -0.4 is 10.9 Å². The average molecular weight is 375 g/mol. The number of carbonyl (C=O) groups excluding carboxylic acids is 1. The van der Waals surface area contributed by atoms with E-state index >= 15 is 0 Å². The highest BCUT2D eigenvalue weighted by Gasteiger charge is 2.10. The van der Waals surface area contributed by atoms with Gasteiger partial charge >= 0.3 is 0 Å². The van der Waals surface area contributed by atoms with E-state index in [0.717, 1.165) is 5.56 Å². The first-order chi connectivity index (χ1) is 13.6. The number of nitrogens with one attached hydrogen (secondary N) is 2. The van der Waals surface area contributed by atoms with Gasteiger partial charge in [0.05, 0.1) is 10.9 Å². The third kappa shape index (κ3) is 3.63. The van der Waals surface area contributed by atoms with E-state index < -0.39 is 0 Å². The van der Waals surface area contributed by atoms with Crippen LogP contribution >= 0.6 is 0 Å². The van der Waals surface area contributed by atoms with Crippen LogP contribution in [0.2, 0.25) is 0 Å². The molecule has 0 aliphatic carbocycles. The summed E-state index contributed by atoms with van der Waals surface area (Å²) in [7, 11) is 1.75. The maximum atomic E-state index is 12.3. The molecule has 2 aromatic carbocycles. The Kier molecular flexibility index (Phi) is 4.63. The number of para-hydroxylation sites is 1. The molecule has 4 rings (SSSR count). The van der Waals surface area contributed by atoms with Crippen molar-refractivity contribution in [3.63, 3.8) is 0 Å². The van der Waals surface area contributed by atoms with Crippen molar-refractivity contribution in [2.45, 2.75) is 12.8 Å². The first-order valence-corrected chi connectivity index (χ1v) is 8.71. The number of hydrogen-bond donors (Lipinski definition) is 2. The molecule has 9 nitrogen and oxygen atoms in total. The number of amides is 1. The van der Waals surface area contributed by atoms with Crippen molar-refractivity contribution in [3.05, 3.63) is 64.7 Å². The second kappa shape index (κ2) is 7.39. The van der Waals surface area contributed by atoms with Crippen LogP contribution in [0.5, 0.6) is 0 Å². The summed E-state index contributed by atoms with van der Waals surface area (Å²) in [5.41, 5.74) is 1.86. The normalized spacial score (nSPS) is 10.9. The second-order valence-corrected chi connectivity index (χ2v) is 6.28. The van der Waals surface area contributed by atoms with Crippen LogP contribution in [-0.4, -0.2) is 36.1 Å². The summed E-state index contributed by atoms with van der Waals surface area (Å²) in [5, 5.41) is 14.8. The Balaban J connectivity index is 1.44. The number of tetrazole rings is 1. The van der Waals surface area contributed by atoms with Crippen molar-refractivity contribution >= 4 is 22.5 Å². The Labute approximate surface area is 159 Å². The molecule has 9 heteroatoms. The number of aromatic amines is 1. The lowest BCUT2D eigenvalue weighted by Crippen LogP contribution is -2.16. The first kappa shape index (κ1) is 17.5. The zero-order valence-corrected chi connectivity index (χ0v) is 15.1. The molecular formula is C19H17N7O2. The predicted molar refractivity (Wildman–Crippen MR) is 104 cm³/mol. The monoisotopic (exact) mass is 375 g/mol. The van der Waals surface area contributed by atoms with Gasteiger partial charge in [0.2, 0.25) is 5.91 Å². The van der Waals surface area contributed by atoms with E-state index in [1.807, 2.05) is 18.2 Å². The third-order valence-corrected chi connectivity index (χ3v) is 4.28. The molecule has 2 aromatic heterocycles. The molecule has 0 radical (unpaired) electrons.